The second-order valence-corrected chi connectivity index (χ2v) is 4.20. The molecule has 1 rings (SSSR count). The van der Waals surface area contributed by atoms with E-state index in [1.165, 1.54) is 6.26 Å². The monoisotopic (exact) mass is 313 g/mol. The van der Waals surface area contributed by atoms with Crippen LogP contribution in [-0.2, 0) is 35.2 Å². The molecular weight excluding hydrogens is 298 g/mol. The first-order valence-corrected chi connectivity index (χ1v) is 6.18. The van der Waals surface area contributed by atoms with Gasteiger partial charge in [0.1, 0.15) is 5.76 Å². The smallest absolute Gasteiger partial charge is 0.349 e. The lowest BCUT2D eigenvalue weighted by Gasteiger charge is -2.22. The number of esters is 2. The van der Waals surface area contributed by atoms with E-state index in [-0.39, 0.29) is 6.54 Å². The number of ether oxygens (including phenoxy) is 2. The Morgan fingerprint density at radius 2 is 1.77 bits per heavy atom. The Kier molecular flexibility index (Phi) is 6.11. The molecule has 2 N–H and O–H groups in total. The summed E-state index contributed by atoms with van der Waals surface area (Å²) >= 11 is 0. The van der Waals surface area contributed by atoms with Crippen LogP contribution < -0.4 is 5.32 Å². The molecule has 1 aromatic rings. The summed E-state index contributed by atoms with van der Waals surface area (Å²) in [5.74, 6) is -3.95. The fraction of sp³-hybridized carbons (Fsp3) is 0.385. The lowest BCUT2D eigenvalue weighted by Crippen LogP contribution is -2.49. The van der Waals surface area contributed by atoms with Gasteiger partial charge >= 0.3 is 17.9 Å². The highest BCUT2D eigenvalue weighted by atomic mass is 16.6. The summed E-state index contributed by atoms with van der Waals surface area (Å²) in [6.07, 6.45) is -2.36. The second kappa shape index (κ2) is 7.81. The lowest BCUT2D eigenvalue weighted by molar-refractivity contribution is -0.180. The zero-order chi connectivity index (χ0) is 16.7. The third kappa shape index (κ3) is 5.27. The highest BCUT2D eigenvalue weighted by Gasteiger charge is 2.39. The number of carbonyl (C=O) groups is 4. The number of amides is 1. The van der Waals surface area contributed by atoms with Gasteiger partial charge in [-0.05, 0) is 12.1 Å². The van der Waals surface area contributed by atoms with Crippen molar-refractivity contribution in [2.45, 2.75) is 32.6 Å². The van der Waals surface area contributed by atoms with E-state index in [4.69, 9.17) is 9.52 Å². The van der Waals surface area contributed by atoms with E-state index >= 15 is 0 Å². The van der Waals surface area contributed by atoms with Crippen LogP contribution in [0.1, 0.15) is 19.6 Å². The van der Waals surface area contributed by atoms with Crippen molar-refractivity contribution in [3.63, 3.8) is 0 Å². The number of carboxylic acid groups (broad SMARTS) is 1. The number of hydrogen-bond donors (Lipinski definition) is 2. The molecule has 120 valence electrons. The van der Waals surface area contributed by atoms with E-state index in [9.17, 15) is 19.2 Å². The Labute approximate surface area is 125 Å². The minimum atomic E-state index is -1.95. The molecule has 1 unspecified atom stereocenters. The number of aliphatic carboxylic acids is 1. The van der Waals surface area contributed by atoms with Crippen LogP contribution >= 0.6 is 0 Å². The molecule has 0 saturated heterocycles. The van der Waals surface area contributed by atoms with Crippen molar-refractivity contribution in [2.75, 3.05) is 0 Å². The van der Waals surface area contributed by atoms with E-state index in [0.29, 0.717) is 5.76 Å². The van der Waals surface area contributed by atoms with Crippen LogP contribution in [-0.4, -0.2) is 41.1 Å². The molecule has 0 aliphatic heterocycles. The zero-order valence-electron chi connectivity index (χ0n) is 11.9. The summed E-state index contributed by atoms with van der Waals surface area (Å²) < 4.78 is 14.2. The van der Waals surface area contributed by atoms with E-state index in [1.807, 2.05) is 0 Å². The van der Waals surface area contributed by atoms with Crippen molar-refractivity contribution in [3.05, 3.63) is 24.2 Å². The van der Waals surface area contributed by atoms with Crippen molar-refractivity contribution >= 4 is 23.8 Å². The Morgan fingerprint density at radius 1 is 1.18 bits per heavy atom. The normalized spacial score (nSPS) is 12.8. The number of furan rings is 1. The fourth-order valence-electron chi connectivity index (χ4n) is 1.54. The van der Waals surface area contributed by atoms with Crippen LogP contribution in [0, 0.1) is 0 Å². The molecular formula is C13H15NO8. The molecule has 2 atom stereocenters. The van der Waals surface area contributed by atoms with Gasteiger partial charge in [-0.3, -0.25) is 14.4 Å². The molecule has 0 radical (unpaired) electrons. The maximum Gasteiger partial charge on any atom is 0.349 e. The van der Waals surface area contributed by atoms with E-state index in [2.05, 4.69) is 14.8 Å². The van der Waals surface area contributed by atoms with Gasteiger partial charge in [0.15, 0.2) is 0 Å². The van der Waals surface area contributed by atoms with Gasteiger partial charge in [0, 0.05) is 13.8 Å². The fourth-order valence-corrected chi connectivity index (χ4v) is 1.54. The van der Waals surface area contributed by atoms with E-state index < -0.39 is 36.0 Å². The Balaban J connectivity index is 2.83. The summed E-state index contributed by atoms with van der Waals surface area (Å²) in [5, 5.41) is 11.4. The molecule has 9 heteroatoms. The van der Waals surface area contributed by atoms with Crippen molar-refractivity contribution in [3.8, 4) is 0 Å². The van der Waals surface area contributed by atoms with Gasteiger partial charge in [-0.2, -0.15) is 0 Å². The first-order valence-electron chi connectivity index (χ1n) is 6.18. The van der Waals surface area contributed by atoms with Crippen molar-refractivity contribution in [2.24, 2.45) is 0 Å². The molecule has 0 fully saturated rings. The molecule has 22 heavy (non-hydrogen) atoms. The zero-order valence-corrected chi connectivity index (χ0v) is 11.9. The highest BCUT2D eigenvalue weighted by molar-refractivity contribution is 5.90. The average molecular weight is 313 g/mol. The summed E-state index contributed by atoms with van der Waals surface area (Å²) in [5.41, 5.74) is 0. The molecule has 0 saturated carbocycles. The Hall–Kier alpha value is -2.84. The summed E-state index contributed by atoms with van der Waals surface area (Å²) in [6, 6.07) is 3.19. The minimum absolute atomic E-state index is 0.0456. The van der Waals surface area contributed by atoms with Gasteiger partial charge in [-0.1, -0.05) is 0 Å². The number of hydrogen-bond acceptors (Lipinski definition) is 7. The number of nitrogens with one attached hydrogen (secondary N) is 1. The SMILES string of the molecule is CC(=O)OC(C(=O)NCc1ccco1)[C@@H](OC(C)=O)C(=O)O. The van der Waals surface area contributed by atoms with Gasteiger partial charge in [0.05, 0.1) is 12.8 Å². The first kappa shape index (κ1) is 17.2. The summed E-state index contributed by atoms with van der Waals surface area (Å²) in [6.45, 7) is 1.93. The standard InChI is InChI=1S/C13H15NO8/c1-7(15)21-10(11(13(18)19)22-8(2)16)12(17)14-6-9-4-3-5-20-9/h3-5,10-11H,6H2,1-2H3,(H,14,17)(H,18,19)/t10?,11-/m1/s1. The van der Waals surface area contributed by atoms with Gasteiger partial charge < -0.3 is 24.3 Å². The summed E-state index contributed by atoms with van der Waals surface area (Å²) in [7, 11) is 0. The van der Waals surface area contributed by atoms with Crippen molar-refractivity contribution < 1.29 is 38.2 Å². The molecule has 1 heterocycles. The number of rotatable bonds is 7. The maximum atomic E-state index is 12.0. The topological polar surface area (TPSA) is 132 Å². The van der Waals surface area contributed by atoms with E-state index in [0.717, 1.165) is 13.8 Å². The van der Waals surface area contributed by atoms with Crippen molar-refractivity contribution in [1.82, 2.24) is 5.32 Å². The third-order valence-corrected chi connectivity index (χ3v) is 2.38. The Morgan fingerprint density at radius 3 is 2.23 bits per heavy atom. The van der Waals surface area contributed by atoms with Gasteiger partial charge in [-0.15, -0.1) is 0 Å². The van der Waals surface area contributed by atoms with Gasteiger partial charge in [0.2, 0.25) is 12.2 Å². The molecule has 0 bridgehead atoms. The van der Waals surface area contributed by atoms with E-state index in [1.54, 1.807) is 12.1 Å². The van der Waals surface area contributed by atoms with Crippen LogP contribution in [0.4, 0.5) is 0 Å². The first-order chi connectivity index (χ1) is 10.3. The third-order valence-electron chi connectivity index (χ3n) is 2.38. The molecule has 0 aromatic carbocycles. The Bertz CT molecular complexity index is 550. The second-order valence-electron chi connectivity index (χ2n) is 4.20. The molecule has 0 spiro atoms. The van der Waals surface area contributed by atoms with Crippen LogP contribution in [0.3, 0.4) is 0 Å². The molecule has 0 aliphatic carbocycles. The predicted molar refractivity (Wildman–Crippen MR) is 69.3 cm³/mol. The van der Waals surface area contributed by atoms with Gasteiger partial charge in [-0.25, -0.2) is 4.79 Å². The minimum Gasteiger partial charge on any atom is -0.478 e. The van der Waals surface area contributed by atoms with Crippen LogP contribution in [0.2, 0.25) is 0 Å². The number of carboxylic acids is 1. The van der Waals surface area contributed by atoms with Crippen molar-refractivity contribution in [1.29, 1.82) is 0 Å². The average Bonchev–Trinajstić information content (AvgIpc) is 2.92. The van der Waals surface area contributed by atoms with Crippen LogP contribution in [0.5, 0.6) is 0 Å². The summed E-state index contributed by atoms with van der Waals surface area (Å²) in [4.78, 5) is 45.1. The molecule has 1 amide bonds. The van der Waals surface area contributed by atoms with Crippen LogP contribution in [0.25, 0.3) is 0 Å². The molecule has 1 aromatic heterocycles. The van der Waals surface area contributed by atoms with Gasteiger partial charge in [0.25, 0.3) is 5.91 Å². The lowest BCUT2D eigenvalue weighted by atomic mass is 10.2. The maximum absolute atomic E-state index is 12.0. The predicted octanol–water partition coefficient (Wildman–Crippen LogP) is -0.156. The largest absolute Gasteiger partial charge is 0.478 e. The molecule has 9 nitrogen and oxygen atoms in total. The highest BCUT2D eigenvalue weighted by Crippen LogP contribution is 2.08. The van der Waals surface area contributed by atoms with Crippen LogP contribution in [0.15, 0.2) is 22.8 Å². The number of carbonyl (C=O) groups excluding carboxylic acids is 3. The molecule has 0 aliphatic rings. The quantitative estimate of drug-likeness (QED) is 0.664.